The molecule has 1 aromatic carbocycles. The zero-order valence-electron chi connectivity index (χ0n) is 11.8. The first kappa shape index (κ1) is 14.2. The van der Waals surface area contributed by atoms with Gasteiger partial charge in [-0.1, -0.05) is 31.4 Å². The lowest BCUT2D eigenvalue weighted by atomic mass is 10.1. The summed E-state index contributed by atoms with van der Waals surface area (Å²) < 4.78 is 1.64. The molecule has 0 fully saturated rings. The second-order valence-corrected chi connectivity index (χ2v) is 4.75. The van der Waals surface area contributed by atoms with Gasteiger partial charge in [0.05, 0.1) is 11.7 Å². The smallest absolute Gasteiger partial charge is 0.143 e. The van der Waals surface area contributed by atoms with Crippen LogP contribution in [0.2, 0.25) is 0 Å². The Morgan fingerprint density at radius 2 is 2.30 bits per heavy atom. The molecule has 0 spiro atoms. The van der Waals surface area contributed by atoms with Gasteiger partial charge in [-0.05, 0) is 41.5 Å². The molecule has 1 N–H and O–H groups in total. The Labute approximate surface area is 119 Å². The standard InChI is InChI=1S/C15H19N5/c1-4-7-14(5-2)17-12(3)13-8-6-9-15(10-13)20-11-16-18-19-20/h2,6,8-12,14,17H,4,7H2,1,3H3. The van der Waals surface area contributed by atoms with Gasteiger partial charge in [0, 0.05) is 6.04 Å². The fourth-order valence-corrected chi connectivity index (χ4v) is 2.12. The normalized spacial score (nSPS) is 13.7. The van der Waals surface area contributed by atoms with Gasteiger partial charge in [-0.2, -0.15) is 0 Å². The van der Waals surface area contributed by atoms with Gasteiger partial charge in [0.25, 0.3) is 0 Å². The van der Waals surface area contributed by atoms with Crippen molar-refractivity contribution in [2.75, 3.05) is 0 Å². The van der Waals surface area contributed by atoms with E-state index in [0.717, 1.165) is 24.1 Å². The van der Waals surface area contributed by atoms with Crippen molar-refractivity contribution in [2.24, 2.45) is 0 Å². The highest BCUT2D eigenvalue weighted by Crippen LogP contribution is 2.17. The summed E-state index contributed by atoms with van der Waals surface area (Å²) in [5, 5.41) is 14.7. The van der Waals surface area contributed by atoms with E-state index in [1.807, 2.05) is 12.1 Å². The molecule has 0 aliphatic rings. The van der Waals surface area contributed by atoms with Gasteiger partial charge < -0.3 is 0 Å². The van der Waals surface area contributed by atoms with Crippen molar-refractivity contribution in [1.29, 1.82) is 0 Å². The molecule has 104 valence electrons. The molecule has 1 aromatic heterocycles. The van der Waals surface area contributed by atoms with Crippen LogP contribution in [-0.4, -0.2) is 26.2 Å². The van der Waals surface area contributed by atoms with E-state index in [9.17, 15) is 0 Å². The third kappa shape index (κ3) is 3.43. The van der Waals surface area contributed by atoms with E-state index in [1.165, 1.54) is 0 Å². The summed E-state index contributed by atoms with van der Waals surface area (Å²) in [7, 11) is 0. The number of hydrogen-bond acceptors (Lipinski definition) is 4. The Morgan fingerprint density at radius 1 is 1.45 bits per heavy atom. The van der Waals surface area contributed by atoms with E-state index in [2.05, 4.69) is 52.7 Å². The molecule has 5 nitrogen and oxygen atoms in total. The van der Waals surface area contributed by atoms with Gasteiger partial charge in [0.2, 0.25) is 0 Å². The Hall–Kier alpha value is -2.19. The number of nitrogens with one attached hydrogen (secondary N) is 1. The zero-order valence-corrected chi connectivity index (χ0v) is 11.8. The minimum atomic E-state index is 0.103. The average Bonchev–Trinajstić information content (AvgIpc) is 3.01. The first-order valence-corrected chi connectivity index (χ1v) is 6.80. The highest BCUT2D eigenvalue weighted by atomic mass is 15.5. The van der Waals surface area contributed by atoms with E-state index in [-0.39, 0.29) is 12.1 Å². The molecule has 0 saturated carbocycles. The molecule has 0 saturated heterocycles. The summed E-state index contributed by atoms with van der Waals surface area (Å²) in [5.74, 6) is 2.80. The summed E-state index contributed by atoms with van der Waals surface area (Å²) in [6, 6.07) is 8.39. The summed E-state index contributed by atoms with van der Waals surface area (Å²) in [6.07, 6.45) is 9.18. The molecular formula is C15H19N5. The highest BCUT2D eigenvalue weighted by molar-refractivity contribution is 5.35. The molecule has 1 heterocycles. The molecular weight excluding hydrogens is 250 g/mol. The van der Waals surface area contributed by atoms with Crippen LogP contribution in [0.5, 0.6) is 0 Å². The molecule has 2 aromatic rings. The maximum atomic E-state index is 5.55. The van der Waals surface area contributed by atoms with E-state index in [1.54, 1.807) is 11.0 Å². The maximum absolute atomic E-state index is 5.55. The predicted molar refractivity (Wildman–Crippen MR) is 78.2 cm³/mol. The number of tetrazole rings is 1. The fourth-order valence-electron chi connectivity index (χ4n) is 2.12. The SMILES string of the molecule is C#CC(CCC)NC(C)c1cccc(-n2cnnn2)c1. The van der Waals surface area contributed by atoms with Gasteiger partial charge in [0.1, 0.15) is 6.33 Å². The molecule has 0 bridgehead atoms. The zero-order chi connectivity index (χ0) is 14.4. The Bertz CT molecular complexity index is 570. The number of benzene rings is 1. The Morgan fingerprint density at radius 3 is 2.95 bits per heavy atom. The van der Waals surface area contributed by atoms with Crippen LogP contribution in [0.25, 0.3) is 5.69 Å². The summed E-state index contributed by atoms with van der Waals surface area (Å²) in [4.78, 5) is 0. The van der Waals surface area contributed by atoms with E-state index >= 15 is 0 Å². The summed E-state index contributed by atoms with van der Waals surface area (Å²) in [6.45, 7) is 4.24. The van der Waals surface area contributed by atoms with Crippen LogP contribution in [0, 0.1) is 12.3 Å². The first-order valence-electron chi connectivity index (χ1n) is 6.80. The van der Waals surface area contributed by atoms with Crippen molar-refractivity contribution in [1.82, 2.24) is 25.5 Å². The Kier molecular flexibility index (Phi) is 4.85. The van der Waals surface area contributed by atoms with Crippen LogP contribution >= 0.6 is 0 Å². The summed E-state index contributed by atoms with van der Waals surface area (Å²) >= 11 is 0. The van der Waals surface area contributed by atoms with Crippen molar-refractivity contribution < 1.29 is 0 Å². The maximum Gasteiger partial charge on any atom is 0.143 e. The third-order valence-corrected chi connectivity index (χ3v) is 3.21. The predicted octanol–water partition coefficient (Wildman–Crippen LogP) is 2.11. The number of terminal acetylenes is 1. The Balaban J connectivity index is 2.12. The summed E-state index contributed by atoms with van der Waals surface area (Å²) in [5.41, 5.74) is 2.10. The van der Waals surface area contributed by atoms with E-state index in [4.69, 9.17) is 6.42 Å². The minimum Gasteiger partial charge on any atom is -0.297 e. The van der Waals surface area contributed by atoms with Crippen LogP contribution in [0.1, 0.15) is 38.3 Å². The molecule has 0 aliphatic carbocycles. The van der Waals surface area contributed by atoms with Crippen LogP contribution in [-0.2, 0) is 0 Å². The van der Waals surface area contributed by atoms with Gasteiger partial charge in [0.15, 0.2) is 0 Å². The van der Waals surface area contributed by atoms with E-state index < -0.39 is 0 Å². The number of aromatic nitrogens is 4. The third-order valence-electron chi connectivity index (χ3n) is 3.21. The van der Waals surface area contributed by atoms with Gasteiger partial charge in [-0.15, -0.1) is 11.5 Å². The topological polar surface area (TPSA) is 55.6 Å². The number of nitrogens with zero attached hydrogens (tertiary/aromatic N) is 4. The monoisotopic (exact) mass is 269 g/mol. The lowest BCUT2D eigenvalue weighted by Crippen LogP contribution is -2.30. The molecule has 5 heteroatoms. The molecule has 20 heavy (non-hydrogen) atoms. The van der Waals surface area contributed by atoms with E-state index in [0.29, 0.717) is 0 Å². The molecule has 2 atom stereocenters. The highest BCUT2D eigenvalue weighted by Gasteiger charge is 2.11. The van der Waals surface area contributed by atoms with Crippen molar-refractivity contribution in [2.45, 2.75) is 38.8 Å². The van der Waals surface area contributed by atoms with Gasteiger partial charge in [-0.3, -0.25) is 5.32 Å². The lowest BCUT2D eigenvalue weighted by molar-refractivity contribution is 0.495. The van der Waals surface area contributed by atoms with Gasteiger partial charge >= 0.3 is 0 Å². The largest absolute Gasteiger partial charge is 0.297 e. The molecule has 2 rings (SSSR count). The van der Waals surface area contributed by atoms with Crippen LogP contribution < -0.4 is 5.32 Å². The molecule has 0 radical (unpaired) electrons. The quantitative estimate of drug-likeness (QED) is 0.816. The second-order valence-electron chi connectivity index (χ2n) is 4.75. The fraction of sp³-hybridized carbons (Fsp3) is 0.400. The minimum absolute atomic E-state index is 0.103. The van der Waals surface area contributed by atoms with Crippen molar-refractivity contribution >= 4 is 0 Å². The second kappa shape index (κ2) is 6.83. The molecule has 0 aliphatic heterocycles. The molecule has 2 unspecified atom stereocenters. The number of hydrogen-bond donors (Lipinski definition) is 1. The first-order chi connectivity index (χ1) is 9.74. The average molecular weight is 269 g/mol. The van der Waals surface area contributed by atoms with Crippen molar-refractivity contribution in [3.8, 4) is 18.0 Å². The lowest BCUT2D eigenvalue weighted by Gasteiger charge is -2.19. The van der Waals surface area contributed by atoms with Crippen LogP contribution in [0.4, 0.5) is 0 Å². The van der Waals surface area contributed by atoms with Crippen LogP contribution in [0.15, 0.2) is 30.6 Å². The van der Waals surface area contributed by atoms with Crippen molar-refractivity contribution in [3.05, 3.63) is 36.2 Å². The van der Waals surface area contributed by atoms with Gasteiger partial charge in [-0.25, -0.2) is 4.68 Å². The van der Waals surface area contributed by atoms with Crippen LogP contribution in [0.3, 0.4) is 0 Å². The van der Waals surface area contributed by atoms with Crippen molar-refractivity contribution in [3.63, 3.8) is 0 Å². The number of rotatable bonds is 6. The molecule has 0 amide bonds.